The molecule has 1 heterocycles. The van der Waals surface area contributed by atoms with Gasteiger partial charge in [0.05, 0.1) is 0 Å². The first-order chi connectivity index (χ1) is 10.0. The number of benzene rings is 2. The number of aliphatic hydroxyl groups is 2. The van der Waals surface area contributed by atoms with Crippen LogP contribution in [-0.4, -0.2) is 16.1 Å². The number of para-hydroxylation sites is 1. The van der Waals surface area contributed by atoms with Crippen molar-refractivity contribution in [1.82, 2.24) is 0 Å². The quantitative estimate of drug-likeness (QED) is 0.896. The van der Waals surface area contributed by atoms with E-state index in [4.69, 9.17) is 11.6 Å². The summed E-state index contributed by atoms with van der Waals surface area (Å²) >= 11 is 5.85. The molecule has 1 aliphatic rings. The predicted molar refractivity (Wildman–Crippen MR) is 80.0 cm³/mol. The number of rotatable bonds is 2. The van der Waals surface area contributed by atoms with Crippen molar-refractivity contribution in [3.8, 4) is 0 Å². The van der Waals surface area contributed by atoms with Crippen LogP contribution >= 0.6 is 11.6 Å². The van der Waals surface area contributed by atoms with Gasteiger partial charge in [-0.25, -0.2) is 0 Å². The zero-order chi connectivity index (χ0) is 15.0. The van der Waals surface area contributed by atoms with Crippen LogP contribution in [0.25, 0.3) is 0 Å². The van der Waals surface area contributed by atoms with Crippen LogP contribution in [0.4, 0.5) is 5.69 Å². The second-order valence-electron chi connectivity index (χ2n) is 4.74. The number of anilines is 1. The van der Waals surface area contributed by atoms with E-state index in [1.54, 1.807) is 54.6 Å². The predicted octanol–water partition coefficient (Wildman–Crippen LogP) is 2.97. The summed E-state index contributed by atoms with van der Waals surface area (Å²) in [6, 6.07) is 15.1. The minimum absolute atomic E-state index is 0.438. The summed E-state index contributed by atoms with van der Waals surface area (Å²) in [5.74, 6) is -1.14. The van der Waals surface area contributed by atoms with E-state index in [0.717, 1.165) is 11.0 Å². The fraction of sp³-hybridized carbons (Fsp3) is 0.0625. The lowest BCUT2D eigenvalue weighted by atomic mass is 10.0. The highest BCUT2D eigenvalue weighted by Gasteiger charge is 2.46. The molecule has 4 nitrogen and oxygen atoms in total. The van der Waals surface area contributed by atoms with Gasteiger partial charge < -0.3 is 10.2 Å². The standard InChI is InChI=1S/C16H12ClNO3/c17-12-8-6-11(7-9-12)16(21)10-14(19)15(20)18(16)13-4-2-1-3-5-13/h1-10,19,21H/t16-/m0/s1. The highest BCUT2D eigenvalue weighted by molar-refractivity contribution is 6.30. The molecule has 0 spiro atoms. The molecule has 3 rings (SSSR count). The van der Waals surface area contributed by atoms with Crippen molar-refractivity contribution in [3.05, 3.63) is 77.0 Å². The molecule has 0 saturated carbocycles. The molecule has 0 bridgehead atoms. The molecular formula is C16H12ClNO3. The number of carbonyl (C=O) groups excluding carboxylic acids is 1. The Morgan fingerprint density at radius 2 is 1.62 bits per heavy atom. The molecule has 0 fully saturated rings. The Balaban J connectivity index is 2.14. The molecule has 0 saturated heterocycles. The van der Waals surface area contributed by atoms with Crippen LogP contribution in [0.5, 0.6) is 0 Å². The Labute approximate surface area is 126 Å². The minimum atomic E-state index is -1.74. The summed E-state index contributed by atoms with van der Waals surface area (Å²) in [5, 5.41) is 21.2. The Morgan fingerprint density at radius 3 is 2.24 bits per heavy atom. The molecule has 0 unspecified atom stereocenters. The molecule has 0 radical (unpaired) electrons. The van der Waals surface area contributed by atoms with Gasteiger partial charge in [-0.1, -0.05) is 41.9 Å². The molecular weight excluding hydrogens is 290 g/mol. The van der Waals surface area contributed by atoms with Gasteiger partial charge in [-0.15, -0.1) is 0 Å². The molecule has 21 heavy (non-hydrogen) atoms. The Bertz CT molecular complexity index is 712. The number of carbonyl (C=O) groups is 1. The summed E-state index contributed by atoms with van der Waals surface area (Å²) in [7, 11) is 0. The van der Waals surface area contributed by atoms with Gasteiger partial charge in [0.15, 0.2) is 11.5 Å². The maximum atomic E-state index is 12.2. The van der Waals surface area contributed by atoms with Gasteiger partial charge in [0.1, 0.15) is 0 Å². The molecule has 5 heteroatoms. The summed E-state index contributed by atoms with van der Waals surface area (Å²) in [4.78, 5) is 13.3. The van der Waals surface area contributed by atoms with Crippen molar-refractivity contribution in [2.45, 2.75) is 5.72 Å². The molecule has 106 valence electrons. The van der Waals surface area contributed by atoms with Crippen molar-refractivity contribution in [2.75, 3.05) is 4.90 Å². The maximum absolute atomic E-state index is 12.2. The van der Waals surface area contributed by atoms with Crippen LogP contribution in [0.1, 0.15) is 5.56 Å². The van der Waals surface area contributed by atoms with E-state index in [2.05, 4.69) is 0 Å². The number of halogens is 1. The van der Waals surface area contributed by atoms with E-state index in [1.165, 1.54) is 0 Å². The first-order valence-corrected chi connectivity index (χ1v) is 6.70. The molecule has 2 aromatic carbocycles. The van der Waals surface area contributed by atoms with Gasteiger partial charge in [0.2, 0.25) is 0 Å². The molecule has 1 atom stereocenters. The van der Waals surface area contributed by atoms with E-state index in [9.17, 15) is 15.0 Å². The normalized spacial score (nSPS) is 21.5. The lowest BCUT2D eigenvalue weighted by molar-refractivity contribution is -0.119. The minimum Gasteiger partial charge on any atom is -0.503 e. The fourth-order valence-electron chi connectivity index (χ4n) is 2.39. The number of aliphatic hydroxyl groups excluding tert-OH is 1. The van der Waals surface area contributed by atoms with Crippen LogP contribution in [0.3, 0.4) is 0 Å². The second kappa shape index (κ2) is 4.91. The summed E-state index contributed by atoms with van der Waals surface area (Å²) in [6.45, 7) is 0. The van der Waals surface area contributed by atoms with E-state index >= 15 is 0 Å². The Kier molecular flexibility index (Phi) is 3.20. The third kappa shape index (κ3) is 2.18. The molecule has 2 aromatic rings. The molecule has 0 aliphatic carbocycles. The van der Waals surface area contributed by atoms with Gasteiger partial charge >= 0.3 is 0 Å². The number of hydrogen-bond donors (Lipinski definition) is 2. The van der Waals surface area contributed by atoms with Gasteiger partial charge in [-0.2, -0.15) is 0 Å². The van der Waals surface area contributed by atoms with Crippen molar-refractivity contribution in [3.63, 3.8) is 0 Å². The summed E-state index contributed by atoms with van der Waals surface area (Å²) < 4.78 is 0. The zero-order valence-corrected chi connectivity index (χ0v) is 11.7. The number of amides is 1. The van der Waals surface area contributed by atoms with Crippen molar-refractivity contribution in [2.24, 2.45) is 0 Å². The van der Waals surface area contributed by atoms with Gasteiger partial charge in [0.25, 0.3) is 5.91 Å². The molecule has 0 aromatic heterocycles. The SMILES string of the molecule is O=C1C(O)=C[C@](O)(c2ccc(Cl)cc2)N1c1ccccc1. The van der Waals surface area contributed by atoms with E-state index < -0.39 is 17.4 Å². The average molecular weight is 302 g/mol. The highest BCUT2D eigenvalue weighted by atomic mass is 35.5. The largest absolute Gasteiger partial charge is 0.503 e. The first kappa shape index (κ1) is 13.7. The third-order valence-corrected chi connectivity index (χ3v) is 3.64. The topological polar surface area (TPSA) is 60.8 Å². The van der Waals surface area contributed by atoms with Gasteiger partial charge in [0, 0.05) is 22.3 Å². The van der Waals surface area contributed by atoms with Crippen LogP contribution < -0.4 is 4.90 Å². The second-order valence-corrected chi connectivity index (χ2v) is 5.18. The molecule has 1 aliphatic heterocycles. The lowest BCUT2D eigenvalue weighted by Crippen LogP contribution is -2.44. The lowest BCUT2D eigenvalue weighted by Gasteiger charge is -2.33. The van der Waals surface area contributed by atoms with Crippen molar-refractivity contribution in [1.29, 1.82) is 0 Å². The Hall–Kier alpha value is -2.30. The molecule has 1 amide bonds. The average Bonchev–Trinajstić information content (AvgIpc) is 2.71. The van der Waals surface area contributed by atoms with Crippen LogP contribution in [-0.2, 0) is 10.5 Å². The van der Waals surface area contributed by atoms with E-state index in [1.807, 2.05) is 0 Å². The first-order valence-electron chi connectivity index (χ1n) is 6.32. The summed E-state index contributed by atoms with van der Waals surface area (Å²) in [5.41, 5.74) is -0.819. The van der Waals surface area contributed by atoms with Gasteiger partial charge in [-0.05, 0) is 24.3 Å². The van der Waals surface area contributed by atoms with E-state index in [-0.39, 0.29) is 0 Å². The summed E-state index contributed by atoms with van der Waals surface area (Å²) in [6.07, 6.45) is 1.13. The van der Waals surface area contributed by atoms with Crippen LogP contribution in [0.2, 0.25) is 5.02 Å². The highest BCUT2D eigenvalue weighted by Crippen LogP contribution is 2.38. The number of hydrogen-bond acceptors (Lipinski definition) is 3. The fourth-order valence-corrected chi connectivity index (χ4v) is 2.51. The van der Waals surface area contributed by atoms with Crippen molar-refractivity contribution >= 4 is 23.2 Å². The van der Waals surface area contributed by atoms with Crippen LogP contribution in [0.15, 0.2) is 66.4 Å². The number of nitrogens with zero attached hydrogens (tertiary/aromatic N) is 1. The van der Waals surface area contributed by atoms with Crippen molar-refractivity contribution < 1.29 is 15.0 Å². The van der Waals surface area contributed by atoms with E-state index in [0.29, 0.717) is 16.3 Å². The van der Waals surface area contributed by atoms with Gasteiger partial charge in [-0.3, -0.25) is 9.69 Å². The maximum Gasteiger partial charge on any atom is 0.295 e. The third-order valence-electron chi connectivity index (χ3n) is 3.38. The molecule has 2 N–H and O–H groups in total. The van der Waals surface area contributed by atoms with Crippen LogP contribution in [0, 0.1) is 0 Å². The smallest absolute Gasteiger partial charge is 0.295 e. The Morgan fingerprint density at radius 1 is 1.00 bits per heavy atom. The monoisotopic (exact) mass is 301 g/mol. The zero-order valence-electron chi connectivity index (χ0n) is 10.9.